The van der Waals surface area contributed by atoms with Crippen LogP contribution >= 0.6 is 0 Å². The van der Waals surface area contributed by atoms with Gasteiger partial charge < -0.3 is 15.6 Å². The standard InChI is InChI=1S/C14H23NO2/c1-10(2)7-8-13(16)14(15)11-5-4-6-12(9-11)17-3/h4-6,9-10,13-14,16H,7-8,15H2,1-3H3/t13-,14+/m0/s1. The van der Waals surface area contributed by atoms with Crippen LogP contribution in [0.3, 0.4) is 0 Å². The van der Waals surface area contributed by atoms with E-state index < -0.39 is 6.10 Å². The summed E-state index contributed by atoms with van der Waals surface area (Å²) >= 11 is 0. The third kappa shape index (κ3) is 4.36. The van der Waals surface area contributed by atoms with Crippen LogP contribution < -0.4 is 10.5 Å². The first-order valence-electron chi connectivity index (χ1n) is 6.12. The van der Waals surface area contributed by atoms with Gasteiger partial charge in [0.2, 0.25) is 0 Å². The normalized spacial score (nSPS) is 14.7. The molecule has 1 aromatic carbocycles. The van der Waals surface area contributed by atoms with Gasteiger partial charge in [0, 0.05) is 0 Å². The van der Waals surface area contributed by atoms with Crippen LogP contribution in [-0.2, 0) is 0 Å². The molecule has 0 bridgehead atoms. The fourth-order valence-electron chi connectivity index (χ4n) is 1.75. The third-order valence-electron chi connectivity index (χ3n) is 2.93. The summed E-state index contributed by atoms with van der Waals surface area (Å²) in [7, 11) is 1.62. The quantitative estimate of drug-likeness (QED) is 0.799. The fraction of sp³-hybridized carbons (Fsp3) is 0.571. The highest BCUT2D eigenvalue weighted by molar-refractivity contribution is 5.30. The molecule has 0 amide bonds. The molecule has 3 heteroatoms. The lowest BCUT2D eigenvalue weighted by Gasteiger charge is -2.20. The van der Waals surface area contributed by atoms with Gasteiger partial charge in [0.15, 0.2) is 0 Å². The molecule has 3 N–H and O–H groups in total. The SMILES string of the molecule is COc1cccc([C@@H](N)[C@@H](O)CCC(C)C)c1. The topological polar surface area (TPSA) is 55.5 Å². The highest BCUT2D eigenvalue weighted by Gasteiger charge is 2.17. The van der Waals surface area contributed by atoms with Crippen LogP contribution in [0.2, 0.25) is 0 Å². The van der Waals surface area contributed by atoms with Gasteiger partial charge in [0.05, 0.1) is 19.3 Å². The molecule has 96 valence electrons. The van der Waals surface area contributed by atoms with E-state index >= 15 is 0 Å². The van der Waals surface area contributed by atoms with E-state index in [0.29, 0.717) is 5.92 Å². The second-order valence-corrected chi connectivity index (χ2v) is 4.84. The van der Waals surface area contributed by atoms with Gasteiger partial charge in [-0.25, -0.2) is 0 Å². The Morgan fingerprint density at radius 2 is 2.00 bits per heavy atom. The van der Waals surface area contributed by atoms with E-state index in [4.69, 9.17) is 10.5 Å². The van der Waals surface area contributed by atoms with Gasteiger partial charge in [0.25, 0.3) is 0 Å². The third-order valence-corrected chi connectivity index (χ3v) is 2.93. The van der Waals surface area contributed by atoms with Crippen molar-refractivity contribution >= 4 is 0 Å². The fourth-order valence-corrected chi connectivity index (χ4v) is 1.75. The van der Waals surface area contributed by atoms with Crippen LogP contribution in [0.1, 0.15) is 38.3 Å². The summed E-state index contributed by atoms with van der Waals surface area (Å²) in [6.07, 6.45) is 1.22. The summed E-state index contributed by atoms with van der Waals surface area (Å²) in [4.78, 5) is 0. The summed E-state index contributed by atoms with van der Waals surface area (Å²) in [5.41, 5.74) is 6.96. The van der Waals surface area contributed by atoms with Crippen LogP contribution in [0.5, 0.6) is 5.75 Å². The molecule has 0 radical (unpaired) electrons. The van der Waals surface area contributed by atoms with Crippen molar-refractivity contribution in [2.75, 3.05) is 7.11 Å². The second-order valence-electron chi connectivity index (χ2n) is 4.84. The minimum absolute atomic E-state index is 0.344. The summed E-state index contributed by atoms with van der Waals surface area (Å²) in [5, 5.41) is 10.0. The second kappa shape index (κ2) is 6.62. The minimum atomic E-state index is -0.496. The number of hydrogen-bond acceptors (Lipinski definition) is 3. The van der Waals surface area contributed by atoms with Crippen molar-refractivity contribution in [1.82, 2.24) is 0 Å². The lowest BCUT2D eigenvalue weighted by Crippen LogP contribution is -2.26. The Labute approximate surface area is 104 Å². The van der Waals surface area contributed by atoms with E-state index in [2.05, 4.69) is 13.8 Å². The molecule has 2 atom stereocenters. The first-order valence-corrected chi connectivity index (χ1v) is 6.12. The van der Waals surface area contributed by atoms with Crippen molar-refractivity contribution in [1.29, 1.82) is 0 Å². The van der Waals surface area contributed by atoms with Crippen LogP contribution in [-0.4, -0.2) is 18.3 Å². The van der Waals surface area contributed by atoms with Gasteiger partial charge in [-0.1, -0.05) is 26.0 Å². The smallest absolute Gasteiger partial charge is 0.119 e. The molecule has 0 spiro atoms. The molecule has 0 saturated heterocycles. The lowest BCUT2D eigenvalue weighted by molar-refractivity contribution is 0.128. The predicted octanol–water partition coefficient (Wildman–Crippen LogP) is 2.49. The maximum atomic E-state index is 10.0. The highest BCUT2D eigenvalue weighted by atomic mass is 16.5. The molecule has 0 aromatic heterocycles. The Morgan fingerprint density at radius 3 is 2.59 bits per heavy atom. The maximum Gasteiger partial charge on any atom is 0.119 e. The molecule has 17 heavy (non-hydrogen) atoms. The molecule has 0 fully saturated rings. The van der Waals surface area contributed by atoms with Gasteiger partial charge in [-0.15, -0.1) is 0 Å². The first kappa shape index (κ1) is 14.0. The average molecular weight is 237 g/mol. The molecule has 0 aliphatic heterocycles. The lowest BCUT2D eigenvalue weighted by atomic mass is 9.96. The molecule has 0 heterocycles. The van der Waals surface area contributed by atoms with Crippen LogP contribution in [0.25, 0.3) is 0 Å². The Balaban J connectivity index is 2.63. The zero-order chi connectivity index (χ0) is 12.8. The van der Waals surface area contributed by atoms with Gasteiger partial charge in [-0.3, -0.25) is 0 Å². The van der Waals surface area contributed by atoms with Crippen LogP contribution in [0.4, 0.5) is 0 Å². The number of rotatable bonds is 6. The van der Waals surface area contributed by atoms with Crippen LogP contribution in [0, 0.1) is 5.92 Å². The first-order chi connectivity index (χ1) is 8.04. The predicted molar refractivity (Wildman–Crippen MR) is 70.0 cm³/mol. The molecule has 1 rings (SSSR count). The van der Waals surface area contributed by atoms with E-state index in [1.54, 1.807) is 7.11 Å². The van der Waals surface area contributed by atoms with Gasteiger partial charge in [-0.05, 0) is 36.5 Å². The number of aliphatic hydroxyl groups is 1. The average Bonchev–Trinajstić information content (AvgIpc) is 2.35. The highest BCUT2D eigenvalue weighted by Crippen LogP contribution is 2.22. The van der Waals surface area contributed by atoms with E-state index in [0.717, 1.165) is 24.2 Å². The molecule has 1 aromatic rings. The zero-order valence-corrected chi connectivity index (χ0v) is 10.9. The van der Waals surface area contributed by atoms with E-state index in [1.165, 1.54) is 0 Å². The van der Waals surface area contributed by atoms with E-state index in [9.17, 15) is 5.11 Å². The molecule has 3 nitrogen and oxygen atoms in total. The molecular weight excluding hydrogens is 214 g/mol. The molecule has 0 aliphatic rings. The Morgan fingerprint density at radius 1 is 1.29 bits per heavy atom. The minimum Gasteiger partial charge on any atom is -0.497 e. The summed E-state index contributed by atoms with van der Waals surface area (Å²) in [6, 6.07) is 7.22. The van der Waals surface area contributed by atoms with Crippen molar-refractivity contribution < 1.29 is 9.84 Å². The van der Waals surface area contributed by atoms with Crippen molar-refractivity contribution in [3.8, 4) is 5.75 Å². The van der Waals surface area contributed by atoms with Crippen molar-refractivity contribution in [2.24, 2.45) is 11.7 Å². The zero-order valence-electron chi connectivity index (χ0n) is 10.9. The number of nitrogens with two attached hydrogens (primary N) is 1. The van der Waals surface area contributed by atoms with Crippen molar-refractivity contribution in [3.63, 3.8) is 0 Å². The Hall–Kier alpha value is -1.06. The molecule has 0 saturated carbocycles. The summed E-state index contributed by atoms with van der Waals surface area (Å²) < 4.78 is 5.15. The number of benzene rings is 1. The molecule has 0 unspecified atom stereocenters. The number of hydrogen-bond donors (Lipinski definition) is 2. The molecule has 0 aliphatic carbocycles. The van der Waals surface area contributed by atoms with E-state index in [-0.39, 0.29) is 6.04 Å². The molecular formula is C14H23NO2. The van der Waals surface area contributed by atoms with Crippen molar-refractivity contribution in [3.05, 3.63) is 29.8 Å². The van der Waals surface area contributed by atoms with Gasteiger partial charge >= 0.3 is 0 Å². The summed E-state index contributed by atoms with van der Waals surface area (Å²) in [5.74, 6) is 1.36. The number of methoxy groups -OCH3 is 1. The van der Waals surface area contributed by atoms with Crippen molar-refractivity contribution in [2.45, 2.75) is 38.8 Å². The summed E-state index contributed by atoms with van der Waals surface area (Å²) in [6.45, 7) is 4.29. The Bertz CT molecular complexity index is 339. The van der Waals surface area contributed by atoms with E-state index in [1.807, 2.05) is 24.3 Å². The maximum absolute atomic E-state index is 10.0. The largest absolute Gasteiger partial charge is 0.497 e. The Kier molecular flexibility index (Phi) is 5.45. The number of aliphatic hydroxyl groups excluding tert-OH is 1. The number of ether oxygens (including phenoxy) is 1. The van der Waals surface area contributed by atoms with Crippen LogP contribution in [0.15, 0.2) is 24.3 Å². The van der Waals surface area contributed by atoms with Gasteiger partial charge in [-0.2, -0.15) is 0 Å². The monoisotopic (exact) mass is 237 g/mol. The van der Waals surface area contributed by atoms with Gasteiger partial charge in [0.1, 0.15) is 5.75 Å².